The molecule has 3 rings (SSSR count). The maximum atomic E-state index is 12.0. The minimum atomic E-state index is -0.0647. The highest BCUT2D eigenvalue weighted by Gasteiger charge is 2.19. The van der Waals surface area contributed by atoms with Gasteiger partial charge in [-0.1, -0.05) is 17.3 Å². The summed E-state index contributed by atoms with van der Waals surface area (Å²) in [5.41, 5.74) is 3.28. The molecule has 0 spiro atoms. The molecule has 0 aliphatic carbocycles. The lowest BCUT2D eigenvalue weighted by atomic mass is 10.2. The minimum absolute atomic E-state index is 0.0647. The summed E-state index contributed by atoms with van der Waals surface area (Å²) in [7, 11) is 0. The number of aryl methyl sites for hydroxylation is 2. The van der Waals surface area contributed by atoms with Crippen molar-refractivity contribution in [1.29, 1.82) is 0 Å². The predicted octanol–water partition coefficient (Wildman–Crippen LogP) is 2.05. The SMILES string of the molecule is Cc1cccc(N2CCN(CC(=O)Nc3cc(C)no3)CC2)c1. The van der Waals surface area contributed by atoms with Gasteiger partial charge in [0.15, 0.2) is 0 Å². The molecule has 0 unspecified atom stereocenters. The van der Waals surface area contributed by atoms with Gasteiger partial charge in [-0.3, -0.25) is 15.0 Å². The summed E-state index contributed by atoms with van der Waals surface area (Å²) in [6, 6.07) is 10.3. The molecule has 6 heteroatoms. The minimum Gasteiger partial charge on any atom is -0.369 e. The third-order valence-corrected chi connectivity index (χ3v) is 4.00. The summed E-state index contributed by atoms with van der Waals surface area (Å²) >= 11 is 0. The largest absolute Gasteiger partial charge is 0.369 e. The van der Waals surface area contributed by atoms with Gasteiger partial charge in [-0.2, -0.15) is 0 Å². The Balaban J connectivity index is 1.48. The van der Waals surface area contributed by atoms with E-state index in [-0.39, 0.29) is 5.91 Å². The van der Waals surface area contributed by atoms with Crippen LogP contribution < -0.4 is 10.2 Å². The summed E-state index contributed by atoms with van der Waals surface area (Å²) < 4.78 is 5.00. The molecule has 0 atom stereocenters. The van der Waals surface area contributed by atoms with Gasteiger partial charge in [0, 0.05) is 37.9 Å². The third-order valence-electron chi connectivity index (χ3n) is 4.00. The van der Waals surface area contributed by atoms with Crippen LogP contribution in [-0.2, 0) is 4.79 Å². The molecule has 23 heavy (non-hydrogen) atoms. The van der Waals surface area contributed by atoms with E-state index in [2.05, 4.69) is 51.5 Å². The van der Waals surface area contributed by atoms with E-state index in [0.29, 0.717) is 12.4 Å². The first kappa shape index (κ1) is 15.6. The second-order valence-corrected chi connectivity index (χ2v) is 5.98. The molecule has 1 aliphatic rings. The first-order chi connectivity index (χ1) is 11.1. The number of piperazine rings is 1. The number of aromatic nitrogens is 1. The van der Waals surface area contributed by atoms with Crippen LogP contribution in [0, 0.1) is 13.8 Å². The maximum absolute atomic E-state index is 12.0. The summed E-state index contributed by atoms with van der Waals surface area (Å²) in [5, 5.41) is 6.49. The fourth-order valence-electron chi connectivity index (χ4n) is 2.79. The van der Waals surface area contributed by atoms with Gasteiger partial charge in [0.05, 0.1) is 12.2 Å². The number of carbonyl (C=O) groups is 1. The highest BCUT2D eigenvalue weighted by Crippen LogP contribution is 2.17. The van der Waals surface area contributed by atoms with E-state index in [1.165, 1.54) is 11.3 Å². The summed E-state index contributed by atoms with van der Waals surface area (Å²) in [6.07, 6.45) is 0. The van der Waals surface area contributed by atoms with Gasteiger partial charge in [0.25, 0.3) is 0 Å². The molecular formula is C17H22N4O2. The van der Waals surface area contributed by atoms with E-state index in [0.717, 1.165) is 31.9 Å². The van der Waals surface area contributed by atoms with Crippen LogP contribution in [0.15, 0.2) is 34.9 Å². The van der Waals surface area contributed by atoms with Gasteiger partial charge in [-0.05, 0) is 31.5 Å². The summed E-state index contributed by atoms with van der Waals surface area (Å²) in [4.78, 5) is 16.6. The molecular weight excluding hydrogens is 292 g/mol. The van der Waals surface area contributed by atoms with Crippen molar-refractivity contribution in [2.24, 2.45) is 0 Å². The molecule has 6 nitrogen and oxygen atoms in total. The van der Waals surface area contributed by atoms with Crippen molar-refractivity contribution in [2.45, 2.75) is 13.8 Å². The van der Waals surface area contributed by atoms with Crippen LogP contribution in [0.5, 0.6) is 0 Å². The molecule has 1 aromatic heterocycles. The lowest BCUT2D eigenvalue weighted by Crippen LogP contribution is -2.48. The molecule has 1 N–H and O–H groups in total. The molecule has 0 bridgehead atoms. The normalized spacial score (nSPS) is 15.7. The highest BCUT2D eigenvalue weighted by molar-refractivity contribution is 5.90. The molecule has 122 valence electrons. The van der Waals surface area contributed by atoms with Crippen LogP contribution >= 0.6 is 0 Å². The van der Waals surface area contributed by atoms with Gasteiger partial charge < -0.3 is 9.42 Å². The van der Waals surface area contributed by atoms with Crippen LogP contribution in [0.2, 0.25) is 0 Å². The van der Waals surface area contributed by atoms with E-state index < -0.39 is 0 Å². The van der Waals surface area contributed by atoms with E-state index in [1.54, 1.807) is 6.07 Å². The number of carbonyl (C=O) groups excluding carboxylic acids is 1. The van der Waals surface area contributed by atoms with Crippen LogP contribution in [0.25, 0.3) is 0 Å². The zero-order valence-corrected chi connectivity index (χ0v) is 13.6. The van der Waals surface area contributed by atoms with Crippen molar-refractivity contribution in [1.82, 2.24) is 10.1 Å². The van der Waals surface area contributed by atoms with Gasteiger partial charge in [0.2, 0.25) is 11.8 Å². The Labute approximate surface area is 136 Å². The van der Waals surface area contributed by atoms with Crippen molar-refractivity contribution in [2.75, 3.05) is 42.9 Å². The molecule has 1 fully saturated rings. The van der Waals surface area contributed by atoms with E-state index in [9.17, 15) is 4.79 Å². The molecule has 0 saturated carbocycles. The van der Waals surface area contributed by atoms with Gasteiger partial charge in [-0.15, -0.1) is 0 Å². The van der Waals surface area contributed by atoms with Crippen molar-refractivity contribution >= 4 is 17.5 Å². The number of anilines is 2. The number of amides is 1. The Kier molecular flexibility index (Phi) is 4.62. The smallest absolute Gasteiger partial charge is 0.240 e. The monoisotopic (exact) mass is 314 g/mol. The Morgan fingerprint density at radius 1 is 1.22 bits per heavy atom. The third kappa shape index (κ3) is 4.10. The zero-order chi connectivity index (χ0) is 16.2. The number of nitrogens with one attached hydrogen (secondary N) is 1. The van der Waals surface area contributed by atoms with Crippen LogP contribution in [0.4, 0.5) is 11.6 Å². The fourth-order valence-corrected chi connectivity index (χ4v) is 2.79. The fraction of sp³-hybridized carbons (Fsp3) is 0.412. The van der Waals surface area contributed by atoms with Crippen LogP contribution in [0.3, 0.4) is 0 Å². The molecule has 1 aromatic carbocycles. The Hall–Kier alpha value is -2.34. The second-order valence-electron chi connectivity index (χ2n) is 5.98. The zero-order valence-electron chi connectivity index (χ0n) is 13.6. The Bertz CT molecular complexity index is 675. The van der Waals surface area contributed by atoms with E-state index in [4.69, 9.17) is 4.52 Å². The topological polar surface area (TPSA) is 61.6 Å². The van der Waals surface area contributed by atoms with Gasteiger partial charge in [0.1, 0.15) is 0 Å². The molecule has 1 amide bonds. The lowest BCUT2D eigenvalue weighted by molar-refractivity contribution is -0.117. The van der Waals surface area contributed by atoms with Gasteiger partial charge in [-0.25, -0.2) is 0 Å². The first-order valence-electron chi connectivity index (χ1n) is 7.87. The molecule has 2 heterocycles. The van der Waals surface area contributed by atoms with Crippen molar-refractivity contribution < 1.29 is 9.32 Å². The van der Waals surface area contributed by atoms with E-state index >= 15 is 0 Å². The summed E-state index contributed by atoms with van der Waals surface area (Å²) in [6.45, 7) is 7.91. The molecule has 2 aromatic rings. The summed E-state index contributed by atoms with van der Waals surface area (Å²) in [5.74, 6) is 0.344. The number of hydrogen-bond donors (Lipinski definition) is 1. The molecule has 1 saturated heterocycles. The number of hydrogen-bond acceptors (Lipinski definition) is 5. The number of nitrogens with zero attached hydrogens (tertiary/aromatic N) is 3. The maximum Gasteiger partial charge on any atom is 0.240 e. The van der Waals surface area contributed by atoms with Crippen LogP contribution in [0.1, 0.15) is 11.3 Å². The lowest BCUT2D eigenvalue weighted by Gasteiger charge is -2.35. The molecule has 0 radical (unpaired) electrons. The standard InChI is InChI=1S/C17H22N4O2/c1-13-4-3-5-15(10-13)21-8-6-20(7-9-21)12-16(22)18-17-11-14(2)19-23-17/h3-5,10-11H,6-9,12H2,1-2H3,(H,18,22). The average Bonchev–Trinajstić information content (AvgIpc) is 2.93. The predicted molar refractivity (Wildman–Crippen MR) is 89.7 cm³/mol. The van der Waals surface area contributed by atoms with Crippen molar-refractivity contribution in [3.63, 3.8) is 0 Å². The van der Waals surface area contributed by atoms with E-state index in [1.807, 2.05) is 6.92 Å². The molecule has 1 aliphatic heterocycles. The number of benzene rings is 1. The number of rotatable bonds is 4. The van der Waals surface area contributed by atoms with Crippen molar-refractivity contribution in [3.05, 3.63) is 41.6 Å². The average molecular weight is 314 g/mol. The Morgan fingerprint density at radius 2 is 2.00 bits per heavy atom. The van der Waals surface area contributed by atoms with Gasteiger partial charge >= 0.3 is 0 Å². The van der Waals surface area contributed by atoms with Crippen LogP contribution in [-0.4, -0.2) is 48.7 Å². The Morgan fingerprint density at radius 3 is 2.65 bits per heavy atom. The highest BCUT2D eigenvalue weighted by atomic mass is 16.5. The quantitative estimate of drug-likeness (QED) is 0.936. The first-order valence-corrected chi connectivity index (χ1v) is 7.87. The van der Waals surface area contributed by atoms with Crippen molar-refractivity contribution in [3.8, 4) is 0 Å². The second kappa shape index (κ2) is 6.83.